The van der Waals surface area contributed by atoms with Crippen LogP contribution in [0.25, 0.3) is 0 Å². The highest BCUT2D eigenvalue weighted by Crippen LogP contribution is 2.22. The van der Waals surface area contributed by atoms with Gasteiger partial charge in [-0.25, -0.2) is 4.79 Å². The average molecular weight is 320 g/mol. The van der Waals surface area contributed by atoms with Crippen molar-refractivity contribution < 1.29 is 14.6 Å². The molecule has 0 unspecified atom stereocenters. The van der Waals surface area contributed by atoms with E-state index in [0.29, 0.717) is 13.0 Å². The van der Waals surface area contributed by atoms with Crippen LogP contribution >= 0.6 is 0 Å². The number of rotatable bonds is 7. The maximum absolute atomic E-state index is 12.5. The molecule has 1 amide bonds. The van der Waals surface area contributed by atoms with Crippen LogP contribution in [-0.2, 0) is 11.3 Å². The topological polar surface area (TPSA) is 61.8 Å². The summed E-state index contributed by atoms with van der Waals surface area (Å²) in [5, 5.41) is 12.7. The van der Waals surface area contributed by atoms with E-state index in [0.717, 1.165) is 37.9 Å². The minimum Gasteiger partial charge on any atom is -0.445 e. The Hall–Kier alpha value is -1.59. The summed E-state index contributed by atoms with van der Waals surface area (Å²) in [7, 11) is 0. The first-order valence-corrected chi connectivity index (χ1v) is 8.57. The summed E-state index contributed by atoms with van der Waals surface area (Å²) < 4.78 is 5.50. The Labute approximate surface area is 138 Å². The molecule has 2 atom stereocenters. The van der Waals surface area contributed by atoms with Crippen LogP contribution in [0.1, 0.15) is 38.2 Å². The van der Waals surface area contributed by atoms with E-state index in [1.807, 2.05) is 42.2 Å². The van der Waals surface area contributed by atoms with E-state index in [1.54, 1.807) is 0 Å². The van der Waals surface area contributed by atoms with Gasteiger partial charge in [0.05, 0.1) is 6.04 Å². The first-order valence-electron chi connectivity index (χ1n) is 8.57. The quantitative estimate of drug-likeness (QED) is 0.810. The minimum atomic E-state index is -0.251. The summed E-state index contributed by atoms with van der Waals surface area (Å²) >= 11 is 0. The van der Waals surface area contributed by atoms with E-state index >= 15 is 0 Å². The van der Waals surface area contributed by atoms with Crippen LogP contribution in [0.15, 0.2) is 30.3 Å². The van der Waals surface area contributed by atoms with Gasteiger partial charge >= 0.3 is 6.09 Å². The maximum Gasteiger partial charge on any atom is 0.410 e. The highest BCUT2D eigenvalue weighted by atomic mass is 16.6. The smallest absolute Gasteiger partial charge is 0.410 e. The number of carbonyl (C=O) groups is 1. The highest BCUT2D eigenvalue weighted by Gasteiger charge is 2.33. The zero-order valence-corrected chi connectivity index (χ0v) is 13.9. The van der Waals surface area contributed by atoms with Crippen LogP contribution < -0.4 is 5.32 Å². The van der Waals surface area contributed by atoms with Crippen molar-refractivity contribution in [3.8, 4) is 0 Å². The molecule has 2 N–H and O–H groups in total. The van der Waals surface area contributed by atoms with Gasteiger partial charge in [-0.15, -0.1) is 0 Å². The second kappa shape index (κ2) is 9.53. The zero-order valence-electron chi connectivity index (χ0n) is 13.9. The summed E-state index contributed by atoms with van der Waals surface area (Å²) in [6.45, 7) is 4.03. The number of carbonyl (C=O) groups excluding carboxylic acids is 1. The monoisotopic (exact) mass is 320 g/mol. The van der Waals surface area contributed by atoms with Gasteiger partial charge in [-0.3, -0.25) is 0 Å². The fraction of sp³-hybridized carbons (Fsp3) is 0.611. The third-order valence-electron chi connectivity index (χ3n) is 4.36. The van der Waals surface area contributed by atoms with E-state index in [-0.39, 0.29) is 24.8 Å². The van der Waals surface area contributed by atoms with Crippen molar-refractivity contribution >= 4 is 6.09 Å². The lowest BCUT2D eigenvalue weighted by molar-refractivity contribution is 0.0542. The molecule has 1 fully saturated rings. The first kappa shape index (κ1) is 17.8. The zero-order chi connectivity index (χ0) is 16.5. The molecule has 1 heterocycles. The molecule has 2 rings (SSSR count). The van der Waals surface area contributed by atoms with Crippen LogP contribution in [0.2, 0.25) is 0 Å². The van der Waals surface area contributed by atoms with Crippen LogP contribution in [0, 0.1) is 0 Å². The summed E-state index contributed by atoms with van der Waals surface area (Å²) in [4.78, 5) is 14.4. The lowest BCUT2D eigenvalue weighted by Gasteiger charge is -2.39. The second-order valence-corrected chi connectivity index (χ2v) is 5.97. The maximum atomic E-state index is 12.5. The van der Waals surface area contributed by atoms with Crippen LogP contribution in [-0.4, -0.2) is 47.9 Å². The SMILES string of the molecule is CCN[C@@H](CCO)[C@@H]1CCCCN1C(=O)OCc1ccccc1. The van der Waals surface area contributed by atoms with Crippen molar-refractivity contribution in [3.05, 3.63) is 35.9 Å². The number of amides is 1. The molecule has 0 bridgehead atoms. The molecule has 0 aromatic heterocycles. The summed E-state index contributed by atoms with van der Waals surface area (Å²) in [6, 6.07) is 9.95. The number of hydrogen-bond acceptors (Lipinski definition) is 4. The molecular weight excluding hydrogens is 292 g/mol. The Morgan fingerprint density at radius 1 is 1.39 bits per heavy atom. The van der Waals surface area contributed by atoms with Crippen molar-refractivity contribution in [2.75, 3.05) is 19.7 Å². The first-order chi connectivity index (χ1) is 11.3. The molecule has 1 aromatic carbocycles. The van der Waals surface area contributed by atoms with E-state index in [2.05, 4.69) is 5.32 Å². The number of hydrogen-bond donors (Lipinski definition) is 2. The number of likely N-dealkylation sites (tertiary alicyclic amines) is 1. The van der Waals surface area contributed by atoms with Gasteiger partial charge in [-0.1, -0.05) is 37.3 Å². The fourth-order valence-corrected chi connectivity index (χ4v) is 3.24. The third kappa shape index (κ3) is 5.22. The number of nitrogens with zero attached hydrogens (tertiary/aromatic N) is 1. The van der Waals surface area contributed by atoms with E-state index < -0.39 is 0 Å². The number of nitrogens with one attached hydrogen (secondary N) is 1. The number of piperidine rings is 1. The van der Waals surface area contributed by atoms with Crippen LogP contribution in [0.3, 0.4) is 0 Å². The number of likely N-dealkylation sites (N-methyl/N-ethyl adjacent to an activating group) is 1. The minimum absolute atomic E-state index is 0.0964. The van der Waals surface area contributed by atoms with Crippen molar-refractivity contribution in [1.82, 2.24) is 10.2 Å². The second-order valence-electron chi connectivity index (χ2n) is 5.97. The predicted octanol–water partition coefficient (Wildman–Crippen LogP) is 2.54. The van der Waals surface area contributed by atoms with Gasteiger partial charge in [0, 0.05) is 19.2 Å². The van der Waals surface area contributed by atoms with Crippen molar-refractivity contribution in [2.24, 2.45) is 0 Å². The lowest BCUT2D eigenvalue weighted by atomic mass is 9.94. The number of aliphatic hydroxyl groups is 1. The van der Waals surface area contributed by atoms with Gasteiger partial charge in [-0.05, 0) is 37.8 Å². The van der Waals surface area contributed by atoms with E-state index in [1.165, 1.54) is 0 Å². The summed E-state index contributed by atoms with van der Waals surface area (Å²) in [6.07, 6.45) is 3.48. The van der Waals surface area contributed by atoms with Crippen molar-refractivity contribution in [2.45, 2.75) is 51.3 Å². The molecule has 0 radical (unpaired) electrons. The Bertz CT molecular complexity index is 461. The van der Waals surface area contributed by atoms with Crippen molar-refractivity contribution in [3.63, 3.8) is 0 Å². The van der Waals surface area contributed by atoms with Crippen molar-refractivity contribution in [1.29, 1.82) is 0 Å². The van der Waals surface area contributed by atoms with Crippen LogP contribution in [0.4, 0.5) is 4.79 Å². The summed E-state index contributed by atoms with van der Waals surface area (Å²) in [5.74, 6) is 0. The van der Waals surface area contributed by atoms with Gasteiger partial charge < -0.3 is 20.1 Å². The largest absolute Gasteiger partial charge is 0.445 e. The number of ether oxygens (including phenoxy) is 1. The van der Waals surface area contributed by atoms with E-state index in [9.17, 15) is 9.90 Å². The predicted molar refractivity (Wildman–Crippen MR) is 90.1 cm³/mol. The van der Waals surface area contributed by atoms with E-state index in [4.69, 9.17) is 4.74 Å². The molecule has 0 spiro atoms. The van der Waals surface area contributed by atoms with Gasteiger partial charge in [-0.2, -0.15) is 0 Å². The highest BCUT2D eigenvalue weighted by molar-refractivity contribution is 5.68. The Kier molecular flexibility index (Phi) is 7.36. The Morgan fingerprint density at radius 2 is 2.17 bits per heavy atom. The van der Waals surface area contributed by atoms with Gasteiger partial charge in [0.15, 0.2) is 0 Å². The Morgan fingerprint density at radius 3 is 2.87 bits per heavy atom. The van der Waals surface area contributed by atoms with Gasteiger partial charge in [0.25, 0.3) is 0 Å². The Balaban J connectivity index is 1.97. The van der Waals surface area contributed by atoms with Gasteiger partial charge in [0.2, 0.25) is 0 Å². The molecule has 128 valence electrons. The average Bonchev–Trinajstić information content (AvgIpc) is 2.60. The molecule has 1 aromatic rings. The molecule has 5 heteroatoms. The number of benzene rings is 1. The summed E-state index contributed by atoms with van der Waals surface area (Å²) in [5.41, 5.74) is 0.994. The molecular formula is C18H28N2O3. The lowest BCUT2D eigenvalue weighted by Crippen LogP contribution is -2.54. The molecule has 1 aliphatic heterocycles. The molecule has 0 saturated carbocycles. The fourth-order valence-electron chi connectivity index (χ4n) is 3.24. The normalized spacial score (nSPS) is 19.4. The number of aliphatic hydroxyl groups excluding tert-OH is 1. The molecule has 0 aliphatic carbocycles. The molecule has 1 saturated heterocycles. The van der Waals surface area contributed by atoms with Gasteiger partial charge in [0.1, 0.15) is 6.61 Å². The molecule has 1 aliphatic rings. The van der Waals surface area contributed by atoms with Crippen LogP contribution in [0.5, 0.6) is 0 Å². The standard InChI is InChI=1S/C18H28N2O3/c1-2-19-16(11-13-21)17-10-6-7-12-20(17)18(22)23-14-15-8-4-3-5-9-15/h3-5,8-9,16-17,19,21H,2,6-7,10-14H2,1H3/t16-,17-/m0/s1. The molecule has 23 heavy (non-hydrogen) atoms. The third-order valence-corrected chi connectivity index (χ3v) is 4.36. The molecule has 5 nitrogen and oxygen atoms in total.